The van der Waals surface area contributed by atoms with Gasteiger partial charge in [0.25, 0.3) is 0 Å². The first kappa shape index (κ1) is 11.1. The summed E-state index contributed by atoms with van der Waals surface area (Å²) in [5, 5.41) is 0. The molecule has 0 radical (unpaired) electrons. The van der Waals surface area contributed by atoms with Gasteiger partial charge in [-0.25, -0.2) is 4.39 Å². The average molecular weight is 272 g/mol. The molecular formula is C12H15BrFN. The molecule has 1 saturated carbocycles. The molecule has 0 spiro atoms. The molecule has 0 aliphatic heterocycles. The van der Waals surface area contributed by atoms with E-state index >= 15 is 0 Å². The molecule has 0 unspecified atom stereocenters. The Balaban J connectivity index is 2.41. The van der Waals surface area contributed by atoms with Crippen LogP contribution in [0.3, 0.4) is 0 Å². The first-order chi connectivity index (χ1) is 6.87. The summed E-state index contributed by atoms with van der Waals surface area (Å²) in [5.41, 5.74) is 7.13. The van der Waals surface area contributed by atoms with Crippen molar-refractivity contribution in [2.45, 2.75) is 37.6 Å². The second kappa shape index (κ2) is 3.29. The van der Waals surface area contributed by atoms with Crippen LogP contribution in [0.4, 0.5) is 4.39 Å². The molecule has 1 aliphatic rings. The van der Waals surface area contributed by atoms with E-state index in [9.17, 15) is 4.39 Å². The Morgan fingerprint density at radius 3 is 2.47 bits per heavy atom. The molecular weight excluding hydrogens is 257 g/mol. The van der Waals surface area contributed by atoms with Crippen molar-refractivity contribution in [3.63, 3.8) is 0 Å². The molecule has 1 aromatic rings. The fourth-order valence-corrected chi connectivity index (χ4v) is 2.31. The first-order valence-corrected chi connectivity index (χ1v) is 5.90. The highest BCUT2D eigenvalue weighted by Gasteiger charge is 2.51. The number of benzene rings is 1. The van der Waals surface area contributed by atoms with Crippen LogP contribution in [0.15, 0.2) is 22.7 Å². The van der Waals surface area contributed by atoms with Gasteiger partial charge >= 0.3 is 0 Å². The van der Waals surface area contributed by atoms with Gasteiger partial charge in [-0.15, -0.1) is 0 Å². The molecule has 15 heavy (non-hydrogen) atoms. The zero-order chi connectivity index (χ0) is 11.3. The summed E-state index contributed by atoms with van der Waals surface area (Å²) in [4.78, 5) is 0. The van der Waals surface area contributed by atoms with Gasteiger partial charge in [0.15, 0.2) is 0 Å². The van der Waals surface area contributed by atoms with Crippen LogP contribution in [0.2, 0.25) is 0 Å². The Hall–Kier alpha value is -0.410. The van der Waals surface area contributed by atoms with Crippen molar-refractivity contribution in [3.8, 4) is 0 Å². The van der Waals surface area contributed by atoms with Gasteiger partial charge in [0.2, 0.25) is 0 Å². The van der Waals surface area contributed by atoms with Gasteiger partial charge < -0.3 is 5.73 Å². The van der Waals surface area contributed by atoms with Gasteiger partial charge in [-0.1, -0.05) is 19.9 Å². The van der Waals surface area contributed by atoms with Gasteiger partial charge in [0, 0.05) is 11.0 Å². The van der Waals surface area contributed by atoms with E-state index in [2.05, 4.69) is 29.8 Å². The molecule has 0 bridgehead atoms. The topological polar surface area (TPSA) is 26.0 Å². The largest absolute Gasteiger partial charge is 0.324 e. The molecule has 0 aromatic heterocycles. The molecule has 0 amide bonds. The van der Waals surface area contributed by atoms with Gasteiger partial charge in [-0.3, -0.25) is 0 Å². The normalized spacial score (nSPS) is 19.0. The highest BCUT2D eigenvalue weighted by atomic mass is 79.9. The summed E-state index contributed by atoms with van der Waals surface area (Å²) in [6.07, 6.45) is 2.10. The molecule has 0 atom stereocenters. The lowest BCUT2D eigenvalue weighted by atomic mass is 9.76. The fraction of sp³-hybridized carbons (Fsp3) is 0.500. The maximum absolute atomic E-state index is 13.1. The maximum Gasteiger partial charge on any atom is 0.137 e. The lowest BCUT2D eigenvalue weighted by molar-refractivity contribution is 0.390. The lowest BCUT2D eigenvalue weighted by Crippen LogP contribution is -2.43. The SMILES string of the molecule is CC(C)(c1ccc(F)c(Br)c1)C1(N)CC1. The van der Waals surface area contributed by atoms with Crippen LogP contribution in [0.5, 0.6) is 0 Å². The van der Waals surface area contributed by atoms with Crippen molar-refractivity contribution in [2.24, 2.45) is 5.73 Å². The Labute approximate surface area is 98.0 Å². The Morgan fingerprint density at radius 2 is 2.00 bits per heavy atom. The van der Waals surface area contributed by atoms with Crippen LogP contribution in [0.1, 0.15) is 32.3 Å². The number of nitrogens with two attached hydrogens (primary N) is 1. The Kier molecular flexibility index (Phi) is 2.43. The number of rotatable bonds is 2. The average Bonchev–Trinajstić information content (AvgIpc) is 2.90. The predicted molar refractivity (Wildman–Crippen MR) is 63.3 cm³/mol. The highest BCUT2D eigenvalue weighted by Crippen LogP contribution is 2.49. The number of hydrogen-bond donors (Lipinski definition) is 1. The van der Waals surface area contributed by atoms with E-state index in [4.69, 9.17) is 5.73 Å². The van der Waals surface area contributed by atoms with Crippen molar-refractivity contribution < 1.29 is 4.39 Å². The minimum atomic E-state index is -0.226. The molecule has 2 N–H and O–H groups in total. The van der Waals surface area contributed by atoms with E-state index in [0.29, 0.717) is 4.47 Å². The van der Waals surface area contributed by atoms with Crippen LogP contribution in [0.25, 0.3) is 0 Å². The molecule has 2 rings (SSSR count). The minimum Gasteiger partial charge on any atom is -0.324 e. The fourth-order valence-electron chi connectivity index (χ4n) is 1.93. The van der Waals surface area contributed by atoms with Crippen molar-refractivity contribution in [1.29, 1.82) is 0 Å². The second-order valence-electron chi connectivity index (χ2n) is 4.91. The molecule has 1 aliphatic carbocycles. The smallest absolute Gasteiger partial charge is 0.137 e. The monoisotopic (exact) mass is 271 g/mol. The van der Waals surface area contributed by atoms with Crippen molar-refractivity contribution in [3.05, 3.63) is 34.1 Å². The van der Waals surface area contributed by atoms with Gasteiger partial charge in [0.05, 0.1) is 4.47 Å². The van der Waals surface area contributed by atoms with Crippen molar-refractivity contribution in [2.75, 3.05) is 0 Å². The molecule has 3 heteroatoms. The third-order valence-corrected chi connectivity index (χ3v) is 4.28. The lowest BCUT2D eigenvalue weighted by Gasteiger charge is -2.32. The van der Waals surface area contributed by atoms with E-state index in [1.54, 1.807) is 0 Å². The summed E-state index contributed by atoms with van der Waals surface area (Å²) in [6.45, 7) is 4.25. The molecule has 1 fully saturated rings. The second-order valence-corrected chi connectivity index (χ2v) is 5.76. The van der Waals surface area contributed by atoms with E-state index < -0.39 is 0 Å². The Morgan fingerprint density at radius 1 is 1.40 bits per heavy atom. The first-order valence-electron chi connectivity index (χ1n) is 5.11. The van der Waals surface area contributed by atoms with Crippen LogP contribution < -0.4 is 5.73 Å². The van der Waals surface area contributed by atoms with Crippen LogP contribution in [-0.2, 0) is 5.41 Å². The number of hydrogen-bond acceptors (Lipinski definition) is 1. The summed E-state index contributed by atoms with van der Waals surface area (Å²) in [7, 11) is 0. The third kappa shape index (κ3) is 1.72. The van der Waals surface area contributed by atoms with Crippen molar-refractivity contribution >= 4 is 15.9 Å². The summed E-state index contributed by atoms with van der Waals surface area (Å²) in [6, 6.07) is 5.15. The van der Waals surface area contributed by atoms with Crippen LogP contribution in [-0.4, -0.2) is 5.54 Å². The quantitative estimate of drug-likeness (QED) is 0.877. The summed E-state index contributed by atoms with van der Waals surface area (Å²) >= 11 is 3.21. The van der Waals surface area contributed by atoms with E-state index in [0.717, 1.165) is 18.4 Å². The van der Waals surface area contributed by atoms with Gasteiger partial charge in [-0.2, -0.15) is 0 Å². The van der Waals surface area contributed by atoms with E-state index in [1.165, 1.54) is 6.07 Å². The minimum absolute atomic E-state index is 0.0940. The summed E-state index contributed by atoms with van der Waals surface area (Å²) in [5.74, 6) is -0.226. The molecule has 0 saturated heterocycles. The molecule has 1 aromatic carbocycles. The molecule has 1 nitrogen and oxygen atoms in total. The third-order valence-electron chi connectivity index (χ3n) is 3.67. The van der Waals surface area contributed by atoms with Crippen molar-refractivity contribution in [1.82, 2.24) is 0 Å². The molecule has 82 valence electrons. The highest BCUT2D eigenvalue weighted by molar-refractivity contribution is 9.10. The molecule has 0 heterocycles. The van der Waals surface area contributed by atoms with E-state index in [1.807, 2.05) is 12.1 Å². The van der Waals surface area contributed by atoms with Crippen LogP contribution >= 0.6 is 15.9 Å². The predicted octanol–water partition coefficient (Wildman–Crippen LogP) is 3.36. The van der Waals surface area contributed by atoms with Gasteiger partial charge in [0.1, 0.15) is 5.82 Å². The zero-order valence-electron chi connectivity index (χ0n) is 8.98. The van der Waals surface area contributed by atoms with E-state index in [-0.39, 0.29) is 16.8 Å². The summed E-state index contributed by atoms with van der Waals surface area (Å²) < 4.78 is 13.6. The van der Waals surface area contributed by atoms with Gasteiger partial charge in [-0.05, 0) is 46.5 Å². The Bertz CT molecular complexity index is 397. The number of halogens is 2. The van der Waals surface area contributed by atoms with Crippen LogP contribution in [0, 0.1) is 5.82 Å². The maximum atomic E-state index is 13.1. The standard InChI is InChI=1S/C12H15BrFN/c1-11(2,12(15)5-6-12)8-3-4-10(14)9(13)7-8/h3-4,7H,5-6,15H2,1-2H3. The zero-order valence-corrected chi connectivity index (χ0v) is 10.6.